The van der Waals surface area contributed by atoms with Gasteiger partial charge in [-0.25, -0.2) is 0 Å². The molecule has 0 aliphatic carbocycles. The molecule has 19 heavy (non-hydrogen) atoms. The zero-order valence-electron chi connectivity index (χ0n) is 11.9. The van der Waals surface area contributed by atoms with E-state index < -0.39 is 0 Å². The fraction of sp³-hybridized carbons (Fsp3) is 0.600. The molecule has 2 rings (SSSR count). The predicted octanol–water partition coefficient (Wildman–Crippen LogP) is 1.76. The van der Waals surface area contributed by atoms with Crippen LogP contribution in [0.25, 0.3) is 0 Å². The van der Waals surface area contributed by atoms with Crippen LogP contribution in [0.3, 0.4) is 0 Å². The lowest BCUT2D eigenvalue weighted by Gasteiger charge is -2.33. The van der Waals surface area contributed by atoms with Crippen molar-refractivity contribution in [2.75, 3.05) is 39.9 Å². The Kier molecular flexibility index (Phi) is 5.48. The molecule has 0 bridgehead atoms. The van der Waals surface area contributed by atoms with Crippen LogP contribution in [0.4, 0.5) is 0 Å². The van der Waals surface area contributed by atoms with Gasteiger partial charge >= 0.3 is 0 Å². The van der Waals surface area contributed by atoms with Gasteiger partial charge in [0.05, 0.1) is 7.11 Å². The van der Waals surface area contributed by atoms with Gasteiger partial charge in [-0.1, -0.05) is 19.1 Å². The molecule has 1 fully saturated rings. The van der Waals surface area contributed by atoms with E-state index in [1.807, 2.05) is 24.3 Å². The minimum absolute atomic E-state index is 0.625. The molecule has 106 valence electrons. The molecule has 1 N–H and O–H groups in total. The summed E-state index contributed by atoms with van der Waals surface area (Å²) in [4.78, 5) is 2.46. The lowest BCUT2D eigenvalue weighted by molar-refractivity contribution is 0.162. The average Bonchev–Trinajstić information content (AvgIpc) is 2.48. The first-order chi connectivity index (χ1) is 9.33. The second-order valence-electron chi connectivity index (χ2n) is 4.86. The lowest BCUT2D eigenvalue weighted by Crippen LogP contribution is -2.51. The average molecular weight is 264 g/mol. The van der Waals surface area contributed by atoms with Crippen LogP contribution in [0.1, 0.15) is 13.3 Å². The topological polar surface area (TPSA) is 33.7 Å². The first-order valence-electron chi connectivity index (χ1n) is 7.05. The van der Waals surface area contributed by atoms with Crippen molar-refractivity contribution in [1.29, 1.82) is 0 Å². The summed E-state index contributed by atoms with van der Waals surface area (Å²) in [6.07, 6.45) is 1.18. The van der Waals surface area contributed by atoms with Crippen molar-refractivity contribution < 1.29 is 9.47 Å². The molecule has 0 spiro atoms. The molecule has 0 saturated carbocycles. The van der Waals surface area contributed by atoms with Gasteiger partial charge in [0, 0.05) is 32.2 Å². The smallest absolute Gasteiger partial charge is 0.161 e. The SMILES string of the molecule is CCC1CN(CCOc2ccccc2OC)CCN1. The maximum Gasteiger partial charge on any atom is 0.161 e. The quantitative estimate of drug-likeness (QED) is 0.849. The third kappa shape index (κ3) is 4.11. The van der Waals surface area contributed by atoms with Crippen LogP contribution >= 0.6 is 0 Å². The van der Waals surface area contributed by atoms with Crippen LogP contribution in [0.5, 0.6) is 11.5 Å². The summed E-state index contributed by atoms with van der Waals surface area (Å²) in [5.74, 6) is 1.63. The Morgan fingerprint density at radius 2 is 2.11 bits per heavy atom. The number of nitrogens with zero attached hydrogens (tertiary/aromatic N) is 1. The number of hydrogen-bond donors (Lipinski definition) is 1. The molecule has 4 heteroatoms. The second kappa shape index (κ2) is 7.36. The molecule has 1 aliphatic rings. The van der Waals surface area contributed by atoms with E-state index in [0.29, 0.717) is 12.6 Å². The molecular formula is C15H24N2O2. The molecule has 1 atom stereocenters. The largest absolute Gasteiger partial charge is 0.493 e. The molecule has 1 saturated heterocycles. The monoisotopic (exact) mass is 264 g/mol. The number of para-hydroxylation sites is 2. The Labute approximate surface area is 115 Å². The van der Waals surface area contributed by atoms with Gasteiger partial charge in [0.25, 0.3) is 0 Å². The number of piperazine rings is 1. The van der Waals surface area contributed by atoms with Crippen LogP contribution in [-0.2, 0) is 0 Å². The first-order valence-corrected chi connectivity index (χ1v) is 7.05. The van der Waals surface area contributed by atoms with Crippen LogP contribution in [0.2, 0.25) is 0 Å². The highest BCUT2D eigenvalue weighted by Crippen LogP contribution is 2.25. The van der Waals surface area contributed by atoms with Gasteiger partial charge in [-0.3, -0.25) is 4.90 Å². The number of rotatable bonds is 6. The van der Waals surface area contributed by atoms with E-state index in [9.17, 15) is 0 Å². The minimum atomic E-state index is 0.625. The normalized spacial score (nSPS) is 20.2. The van der Waals surface area contributed by atoms with Crippen molar-refractivity contribution in [3.05, 3.63) is 24.3 Å². The van der Waals surface area contributed by atoms with Gasteiger partial charge in [0.2, 0.25) is 0 Å². The van der Waals surface area contributed by atoms with E-state index in [1.165, 1.54) is 6.42 Å². The number of benzene rings is 1. The van der Waals surface area contributed by atoms with Gasteiger partial charge in [-0.2, -0.15) is 0 Å². The van der Waals surface area contributed by atoms with Crippen LogP contribution in [-0.4, -0.2) is 50.8 Å². The Hall–Kier alpha value is -1.26. The summed E-state index contributed by atoms with van der Waals surface area (Å²) in [5, 5.41) is 3.52. The van der Waals surface area contributed by atoms with E-state index in [2.05, 4.69) is 17.1 Å². The fourth-order valence-electron chi connectivity index (χ4n) is 2.39. The predicted molar refractivity (Wildman–Crippen MR) is 77.0 cm³/mol. The fourth-order valence-corrected chi connectivity index (χ4v) is 2.39. The maximum atomic E-state index is 5.81. The van der Waals surface area contributed by atoms with Gasteiger partial charge < -0.3 is 14.8 Å². The molecule has 0 radical (unpaired) electrons. The number of nitrogens with one attached hydrogen (secondary N) is 1. The van der Waals surface area contributed by atoms with Gasteiger partial charge in [-0.15, -0.1) is 0 Å². The van der Waals surface area contributed by atoms with E-state index in [-0.39, 0.29) is 0 Å². The molecule has 0 amide bonds. The van der Waals surface area contributed by atoms with Crippen molar-refractivity contribution >= 4 is 0 Å². The third-order valence-corrected chi connectivity index (χ3v) is 3.57. The van der Waals surface area contributed by atoms with Crippen molar-refractivity contribution in [3.63, 3.8) is 0 Å². The van der Waals surface area contributed by atoms with Crippen molar-refractivity contribution in [3.8, 4) is 11.5 Å². The summed E-state index contributed by atoms with van der Waals surface area (Å²) < 4.78 is 11.1. The van der Waals surface area contributed by atoms with Gasteiger partial charge in [0.1, 0.15) is 6.61 Å². The van der Waals surface area contributed by atoms with E-state index >= 15 is 0 Å². The molecular weight excluding hydrogens is 240 g/mol. The zero-order chi connectivity index (χ0) is 13.5. The maximum absolute atomic E-state index is 5.81. The number of methoxy groups -OCH3 is 1. The van der Waals surface area contributed by atoms with Gasteiger partial charge in [-0.05, 0) is 18.6 Å². The Morgan fingerprint density at radius 1 is 1.32 bits per heavy atom. The standard InChI is InChI=1S/C15H24N2O2/c1-3-13-12-17(9-8-16-13)10-11-19-15-7-5-4-6-14(15)18-2/h4-7,13,16H,3,8-12H2,1-2H3. The van der Waals surface area contributed by atoms with Gasteiger partial charge in [0.15, 0.2) is 11.5 Å². The number of hydrogen-bond acceptors (Lipinski definition) is 4. The van der Waals surface area contributed by atoms with E-state index in [1.54, 1.807) is 7.11 Å². The molecule has 1 aromatic rings. The zero-order valence-corrected chi connectivity index (χ0v) is 11.9. The first kappa shape index (κ1) is 14.2. The highest BCUT2D eigenvalue weighted by molar-refractivity contribution is 5.39. The molecule has 0 aromatic heterocycles. The number of ether oxygens (including phenoxy) is 2. The Bertz CT molecular complexity index is 384. The lowest BCUT2D eigenvalue weighted by atomic mass is 10.1. The van der Waals surface area contributed by atoms with Crippen molar-refractivity contribution in [1.82, 2.24) is 10.2 Å². The Balaban J connectivity index is 1.77. The molecule has 1 heterocycles. The summed E-state index contributed by atoms with van der Waals surface area (Å²) in [6.45, 7) is 7.20. The molecule has 1 aromatic carbocycles. The summed E-state index contributed by atoms with van der Waals surface area (Å²) in [7, 11) is 1.67. The van der Waals surface area contributed by atoms with Crippen LogP contribution in [0, 0.1) is 0 Å². The van der Waals surface area contributed by atoms with E-state index in [4.69, 9.17) is 9.47 Å². The molecule has 1 aliphatic heterocycles. The molecule has 1 unspecified atom stereocenters. The summed E-state index contributed by atoms with van der Waals surface area (Å²) in [5.41, 5.74) is 0. The van der Waals surface area contributed by atoms with Crippen LogP contribution in [0.15, 0.2) is 24.3 Å². The Morgan fingerprint density at radius 3 is 2.84 bits per heavy atom. The molecule has 4 nitrogen and oxygen atoms in total. The summed E-state index contributed by atoms with van der Waals surface area (Å²) in [6, 6.07) is 8.42. The van der Waals surface area contributed by atoms with Crippen molar-refractivity contribution in [2.24, 2.45) is 0 Å². The highest BCUT2D eigenvalue weighted by Gasteiger charge is 2.17. The van der Waals surface area contributed by atoms with E-state index in [0.717, 1.165) is 37.7 Å². The third-order valence-electron chi connectivity index (χ3n) is 3.57. The van der Waals surface area contributed by atoms with Crippen molar-refractivity contribution in [2.45, 2.75) is 19.4 Å². The second-order valence-corrected chi connectivity index (χ2v) is 4.86. The van der Waals surface area contributed by atoms with Crippen LogP contribution < -0.4 is 14.8 Å². The summed E-state index contributed by atoms with van der Waals surface area (Å²) >= 11 is 0. The minimum Gasteiger partial charge on any atom is -0.493 e. The highest BCUT2D eigenvalue weighted by atomic mass is 16.5.